The highest BCUT2D eigenvalue weighted by atomic mass is 79.9. The molecule has 0 saturated carbocycles. The van der Waals surface area contributed by atoms with Gasteiger partial charge in [0, 0.05) is 10.4 Å². The average molecular weight is 390 g/mol. The second-order valence-corrected chi connectivity index (χ2v) is 6.25. The molecule has 1 atom stereocenters. The molecule has 0 radical (unpaired) electrons. The van der Waals surface area contributed by atoms with Crippen molar-refractivity contribution < 1.29 is 9.26 Å². The highest BCUT2D eigenvalue weighted by Crippen LogP contribution is 2.31. The van der Waals surface area contributed by atoms with E-state index in [4.69, 9.17) is 9.26 Å². The zero-order valence-electron chi connectivity index (χ0n) is 10.9. The smallest absolute Gasteiger partial charge is 0.267 e. The number of benzene rings is 1. The molecule has 0 bridgehead atoms. The van der Waals surface area contributed by atoms with Crippen molar-refractivity contribution in [3.63, 3.8) is 0 Å². The number of halogens is 2. The minimum Gasteiger partial charge on any atom is -0.480 e. The van der Waals surface area contributed by atoms with Crippen LogP contribution in [0, 0.1) is 0 Å². The van der Waals surface area contributed by atoms with Gasteiger partial charge in [-0.15, -0.1) is 0 Å². The van der Waals surface area contributed by atoms with Crippen LogP contribution in [-0.4, -0.2) is 10.1 Å². The van der Waals surface area contributed by atoms with Gasteiger partial charge in [-0.05, 0) is 41.1 Å². The first kappa shape index (κ1) is 14.5. The summed E-state index contributed by atoms with van der Waals surface area (Å²) >= 11 is 6.86. The molecule has 2 rings (SSSR count). The quantitative estimate of drug-likeness (QED) is 0.749. The molecule has 0 aliphatic rings. The molecule has 0 aliphatic carbocycles. The predicted molar refractivity (Wildman–Crippen MR) is 79.3 cm³/mol. The standard InChI is InChI=1S/C13H14Br2N2O2/c1-7(2)12-16-13(19-17-12)8(3)18-11-5-4-9(14)6-10(11)15/h4-8H,1-3H3. The Labute approximate surface area is 128 Å². The second kappa shape index (κ2) is 6.05. The van der Waals surface area contributed by atoms with Gasteiger partial charge < -0.3 is 9.26 Å². The lowest BCUT2D eigenvalue weighted by Crippen LogP contribution is -2.04. The predicted octanol–water partition coefficient (Wildman–Crippen LogP) is 4.86. The molecular weight excluding hydrogens is 376 g/mol. The van der Waals surface area contributed by atoms with Crippen LogP contribution < -0.4 is 4.74 Å². The molecule has 0 N–H and O–H groups in total. The Morgan fingerprint density at radius 3 is 2.53 bits per heavy atom. The molecule has 0 fully saturated rings. The van der Waals surface area contributed by atoms with Gasteiger partial charge >= 0.3 is 0 Å². The SMILES string of the molecule is CC(C)c1noc(C(C)Oc2ccc(Br)cc2Br)n1. The van der Waals surface area contributed by atoms with Crippen molar-refractivity contribution >= 4 is 31.9 Å². The molecule has 1 heterocycles. The zero-order valence-corrected chi connectivity index (χ0v) is 14.0. The van der Waals surface area contributed by atoms with Gasteiger partial charge in [0.15, 0.2) is 11.9 Å². The first-order valence-electron chi connectivity index (χ1n) is 5.92. The van der Waals surface area contributed by atoms with E-state index < -0.39 is 0 Å². The van der Waals surface area contributed by atoms with Crippen LogP contribution in [0.3, 0.4) is 0 Å². The summed E-state index contributed by atoms with van der Waals surface area (Å²) < 4.78 is 12.9. The molecule has 0 saturated heterocycles. The van der Waals surface area contributed by atoms with Crippen LogP contribution in [0.25, 0.3) is 0 Å². The van der Waals surface area contributed by atoms with Crippen LogP contribution in [0.2, 0.25) is 0 Å². The van der Waals surface area contributed by atoms with Crippen molar-refractivity contribution in [2.75, 3.05) is 0 Å². The minimum atomic E-state index is -0.294. The Kier molecular flexibility index (Phi) is 4.62. The van der Waals surface area contributed by atoms with Crippen molar-refractivity contribution in [1.82, 2.24) is 10.1 Å². The summed E-state index contributed by atoms with van der Waals surface area (Å²) in [6.45, 7) is 5.92. The van der Waals surface area contributed by atoms with E-state index >= 15 is 0 Å². The van der Waals surface area contributed by atoms with E-state index in [-0.39, 0.29) is 12.0 Å². The highest BCUT2D eigenvalue weighted by molar-refractivity contribution is 9.11. The van der Waals surface area contributed by atoms with Crippen molar-refractivity contribution in [2.45, 2.75) is 32.8 Å². The molecular formula is C13H14Br2N2O2. The maximum absolute atomic E-state index is 5.82. The van der Waals surface area contributed by atoms with E-state index in [1.807, 2.05) is 39.0 Å². The summed E-state index contributed by atoms with van der Waals surface area (Å²) in [5.74, 6) is 2.16. The van der Waals surface area contributed by atoms with Crippen molar-refractivity contribution in [3.05, 3.63) is 38.9 Å². The molecule has 6 heteroatoms. The third-order valence-corrected chi connectivity index (χ3v) is 3.63. The van der Waals surface area contributed by atoms with Crippen LogP contribution in [0.5, 0.6) is 5.75 Å². The lowest BCUT2D eigenvalue weighted by atomic mass is 10.2. The summed E-state index contributed by atoms with van der Waals surface area (Å²) in [6.07, 6.45) is -0.294. The summed E-state index contributed by atoms with van der Waals surface area (Å²) in [4.78, 5) is 4.33. The molecule has 0 amide bonds. The van der Waals surface area contributed by atoms with Gasteiger partial charge in [0.1, 0.15) is 5.75 Å². The largest absolute Gasteiger partial charge is 0.480 e. The molecule has 0 spiro atoms. The Balaban J connectivity index is 2.13. The van der Waals surface area contributed by atoms with Crippen molar-refractivity contribution in [2.24, 2.45) is 0 Å². The molecule has 1 aromatic heterocycles. The zero-order chi connectivity index (χ0) is 14.0. The van der Waals surface area contributed by atoms with Gasteiger partial charge in [0.25, 0.3) is 5.89 Å². The van der Waals surface area contributed by atoms with Gasteiger partial charge in [-0.1, -0.05) is 34.9 Å². The average Bonchev–Trinajstić information content (AvgIpc) is 2.82. The monoisotopic (exact) mass is 388 g/mol. The van der Waals surface area contributed by atoms with Crippen LogP contribution in [0.1, 0.15) is 44.5 Å². The molecule has 1 unspecified atom stereocenters. The molecule has 4 nitrogen and oxygen atoms in total. The Hall–Kier alpha value is -0.880. The van der Waals surface area contributed by atoms with Gasteiger partial charge in [-0.3, -0.25) is 0 Å². The number of nitrogens with zero attached hydrogens (tertiary/aromatic N) is 2. The van der Waals surface area contributed by atoms with E-state index in [1.165, 1.54) is 0 Å². The van der Waals surface area contributed by atoms with Gasteiger partial charge in [-0.2, -0.15) is 4.98 Å². The molecule has 19 heavy (non-hydrogen) atoms. The third kappa shape index (κ3) is 3.57. The number of rotatable bonds is 4. The summed E-state index contributed by atoms with van der Waals surface area (Å²) in [5.41, 5.74) is 0. The summed E-state index contributed by atoms with van der Waals surface area (Å²) in [6, 6.07) is 5.72. The number of aromatic nitrogens is 2. The van der Waals surface area contributed by atoms with E-state index in [0.717, 1.165) is 14.7 Å². The Bertz CT molecular complexity index is 570. The van der Waals surface area contributed by atoms with Gasteiger partial charge in [0.05, 0.1) is 4.47 Å². The van der Waals surface area contributed by atoms with Gasteiger partial charge in [0.2, 0.25) is 0 Å². The van der Waals surface area contributed by atoms with Crippen molar-refractivity contribution in [1.29, 1.82) is 0 Å². The number of ether oxygens (including phenoxy) is 1. The fraction of sp³-hybridized carbons (Fsp3) is 0.385. The van der Waals surface area contributed by atoms with E-state index in [1.54, 1.807) is 0 Å². The van der Waals surface area contributed by atoms with E-state index in [9.17, 15) is 0 Å². The topological polar surface area (TPSA) is 48.2 Å². The highest BCUT2D eigenvalue weighted by Gasteiger charge is 2.18. The van der Waals surface area contributed by atoms with Crippen LogP contribution >= 0.6 is 31.9 Å². The lowest BCUT2D eigenvalue weighted by Gasteiger charge is -2.12. The van der Waals surface area contributed by atoms with E-state index in [0.29, 0.717) is 11.7 Å². The van der Waals surface area contributed by atoms with Crippen molar-refractivity contribution in [3.8, 4) is 5.75 Å². The van der Waals surface area contributed by atoms with Crippen LogP contribution in [-0.2, 0) is 0 Å². The molecule has 102 valence electrons. The molecule has 2 aromatic rings. The summed E-state index contributed by atoms with van der Waals surface area (Å²) in [7, 11) is 0. The van der Waals surface area contributed by atoms with Crippen LogP contribution in [0.4, 0.5) is 0 Å². The Morgan fingerprint density at radius 1 is 1.21 bits per heavy atom. The second-order valence-electron chi connectivity index (χ2n) is 4.48. The fourth-order valence-corrected chi connectivity index (χ4v) is 2.60. The van der Waals surface area contributed by atoms with Crippen LogP contribution in [0.15, 0.2) is 31.7 Å². The number of hydrogen-bond acceptors (Lipinski definition) is 4. The summed E-state index contributed by atoms with van der Waals surface area (Å²) in [5, 5.41) is 3.93. The normalized spacial score (nSPS) is 12.7. The first-order valence-corrected chi connectivity index (χ1v) is 7.51. The first-order chi connectivity index (χ1) is 8.97. The third-order valence-electron chi connectivity index (χ3n) is 2.52. The maximum atomic E-state index is 5.82. The minimum absolute atomic E-state index is 0.240. The molecule has 0 aliphatic heterocycles. The molecule has 1 aromatic carbocycles. The lowest BCUT2D eigenvalue weighted by molar-refractivity contribution is 0.174. The fourth-order valence-electron chi connectivity index (χ4n) is 1.46. The maximum Gasteiger partial charge on any atom is 0.267 e. The number of hydrogen-bond donors (Lipinski definition) is 0. The Morgan fingerprint density at radius 2 is 1.95 bits per heavy atom. The van der Waals surface area contributed by atoms with E-state index in [2.05, 4.69) is 42.0 Å². The van der Waals surface area contributed by atoms with Gasteiger partial charge in [-0.25, -0.2) is 0 Å².